The second kappa shape index (κ2) is 4.99. The molecule has 0 aromatic rings. The van der Waals surface area contributed by atoms with Gasteiger partial charge in [-0.3, -0.25) is 0 Å². The second-order valence-corrected chi connectivity index (χ2v) is 9.24. The van der Waals surface area contributed by atoms with E-state index in [0.29, 0.717) is 10.8 Å². The second-order valence-electron chi connectivity index (χ2n) is 9.24. The number of hydrogen-bond donors (Lipinski definition) is 1. The Balaban J connectivity index is 1.65. The van der Waals surface area contributed by atoms with Crippen LogP contribution in [-0.4, -0.2) is 11.2 Å². The molecule has 0 saturated heterocycles. The van der Waals surface area contributed by atoms with Crippen molar-refractivity contribution in [1.29, 1.82) is 0 Å². The molecule has 1 nitrogen and oxygen atoms in total. The molecule has 4 aliphatic carbocycles. The first kappa shape index (κ1) is 15.0. The van der Waals surface area contributed by atoms with E-state index in [1.165, 1.54) is 50.5 Å². The zero-order valence-corrected chi connectivity index (χ0v) is 14.4. The van der Waals surface area contributed by atoms with Gasteiger partial charge in [-0.25, -0.2) is 0 Å². The van der Waals surface area contributed by atoms with Gasteiger partial charge < -0.3 is 5.11 Å². The van der Waals surface area contributed by atoms with Crippen LogP contribution in [0.15, 0.2) is 17.9 Å². The number of rotatable bonds is 0. The van der Waals surface area contributed by atoms with E-state index in [0.717, 1.165) is 36.5 Å². The van der Waals surface area contributed by atoms with Crippen molar-refractivity contribution in [3.8, 4) is 0 Å². The van der Waals surface area contributed by atoms with Crippen molar-refractivity contribution in [2.45, 2.75) is 77.7 Å². The molecule has 122 valence electrons. The first-order valence-electron chi connectivity index (χ1n) is 9.56. The van der Waals surface area contributed by atoms with Crippen LogP contribution in [0, 0.1) is 34.5 Å². The predicted molar refractivity (Wildman–Crippen MR) is 90.4 cm³/mol. The Hall–Kier alpha value is -0.520. The van der Waals surface area contributed by atoms with Gasteiger partial charge in [0.1, 0.15) is 0 Å². The quantitative estimate of drug-likeness (QED) is 0.617. The normalized spacial score (nSPS) is 54.1. The van der Waals surface area contributed by atoms with Gasteiger partial charge >= 0.3 is 0 Å². The largest absolute Gasteiger partial charge is 0.393 e. The number of allylic oxidation sites excluding steroid dienone is 1. The van der Waals surface area contributed by atoms with Crippen LogP contribution in [0.5, 0.6) is 0 Å². The standard InChI is InChI=1S/C21H32O/c1-4-14-6-8-18-17-7-5-15-13-16(22)9-11-21(15,3)19(17)10-12-20(14,18)2/h15-19,22H,1,5-13H2,2-3H3/t15-,16?,17?,18?,19?,20-,21+/m1/s1. The Labute approximate surface area is 135 Å². The van der Waals surface area contributed by atoms with Crippen molar-refractivity contribution < 1.29 is 5.11 Å². The predicted octanol–water partition coefficient (Wildman–Crippen LogP) is 5.10. The fraction of sp³-hybridized carbons (Fsp3) is 0.857. The smallest absolute Gasteiger partial charge is 0.0543 e. The van der Waals surface area contributed by atoms with E-state index >= 15 is 0 Å². The number of fused-ring (bicyclic) bond motifs is 5. The topological polar surface area (TPSA) is 20.2 Å². The van der Waals surface area contributed by atoms with E-state index in [2.05, 4.69) is 26.2 Å². The SMILES string of the molecule is C=C=C1CCC2C3CC[C@@H]4CC(O)CC[C@]4(C)C3CC[C@]12C. The summed E-state index contributed by atoms with van der Waals surface area (Å²) in [5.74, 6) is 3.47. The lowest BCUT2D eigenvalue weighted by Gasteiger charge is -2.60. The van der Waals surface area contributed by atoms with Gasteiger partial charge in [-0.15, -0.1) is 5.73 Å². The highest BCUT2D eigenvalue weighted by atomic mass is 16.3. The van der Waals surface area contributed by atoms with Crippen LogP contribution in [-0.2, 0) is 0 Å². The summed E-state index contributed by atoms with van der Waals surface area (Å²) in [5, 5.41) is 10.1. The van der Waals surface area contributed by atoms with E-state index in [1.54, 1.807) is 0 Å². The molecule has 7 atom stereocenters. The zero-order valence-electron chi connectivity index (χ0n) is 14.4. The van der Waals surface area contributed by atoms with E-state index < -0.39 is 0 Å². The van der Waals surface area contributed by atoms with E-state index in [9.17, 15) is 5.11 Å². The van der Waals surface area contributed by atoms with Gasteiger partial charge in [0.2, 0.25) is 0 Å². The molecule has 22 heavy (non-hydrogen) atoms. The van der Waals surface area contributed by atoms with Crippen molar-refractivity contribution in [2.24, 2.45) is 34.5 Å². The lowest BCUT2D eigenvalue weighted by atomic mass is 9.45. The summed E-state index contributed by atoms with van der Waals surface area (Å²) >= 11 is 0. The number of aliphatic hydroxyl groups is 1. The summed E-state index contributed by atoms with van der Waals surface area (Å²) < 4.78 is 0. The molecule has 4 saturated carbocycles. The molecule has 1 N–H and O–H groups in total. The fourth-order valence-corrected chi connectivity index (χ4v) is 7.34. The molecule has 4 aliphatic rings. The van der Waals surface area contributed by atoms with Crippen LogP contribution in [0.25, 0.3) is 0 Å². The zero-order chi connectivity index (χ0) is 15.5. The van der Waals surface area contributed by atoms with Gasteiger partial charge in [0.25, 0.3) is 0 Å². The average Bonchev–Trinajstić information content (AvgIpc) is 2.84. The van der Waals surface area contributed by atoms with Crippen LogP contribution in [0.4, 0.5) is 0 Å². The highest BCUT2D eigenvalue weighted by molar-refractivity contribution is 5.23. The van der Waals surface area contributed by atoms with Crippen molar-refractivity contribution in [3.63, 3.8) is 0 Å². The lowest BCUT2D eigenvalue weighted by Crippen LogP contribution is -2.53. The van der Waals surface area contributed by atoms with Crippen LogP contribution in [0.1, 0.15) is 71.6 Å². The van der Waals surface area contributed by atoms with Crippen LogP contribution in [0.3, 0.4) is 0 Å². The summed E-state index contributed by atoms with van der Waals surface area (Å²) in [7, 11) is 0. The minimum Gasteiger partial charge on any atom is -0.393 e. The van der Waals surface area contributed by atoms with Gasteiger partial charge in [0, 0.05) is 0 Å². The highest BCUT2D eigenvalue weighted by Crippen LogP contribution is 2.67. The molecule has 4 unspecified atom stereocenters. The summed E-state index contributed by atoms with van der Waals surface area (Å²) in [6, 6.07) is 0. The fourth-order valence-electron chi connectivity index (χ4n) is 7.34. The average molecular weight is 300 g/mol. The molecule has 0 amide bonds. The van der Waals surface area contributed by atoms with Crippen molar-refractivity contribution in [1.82, 2.24) is 0 Å². The third kappa shape index (κ3) is 1.88. The van der Waals surface area contributed by atoms with Crippen LogP contribution < -0.4 is 0 Å². The molecule has 0 aromatic carbocycles. The monoisotopic (exact) mass is 300 g/mol. The Morgan fingerprint density at radius 2 is 1.86 bits per heavy atom. The first-order valence-corrected chi connectivity index (χ1v) is 9.56. The Morgan fingerprint density at radius 3 is 2.64 bits per heavy atom. The number of hydrogen-bond acceptors (Lipinski definition) is 1. The highest BCUT2D eigenvalue weighted by Gasteiger charge is 2.58. The summed E-state index contributed by atoms with van der Waals surface area (Å²) in [6.07, 6.45) is 11.5. The maximum atomic E-state index is 10.1. The Morgan fingerprint density at radius 1 is 1.05 bits per heavy atom. The van der Waals surface area contributed by atoms with Gasteiger partial charge in [-0.05, 0) is 97.9 Å². The summed E-state index contributed by atoms with van der Waals surface area (Å²) in [5.41, 5.74) is 5.74. The molecule has 0 radical (unpaired) electrons. The molecule has 0 heterocycles. The minimum atomic E-state index is -0.0229. The van der Waals surface area contributed by atoms with E-state index in [1.807, 2.05) is 0 Å². The van der Waals surface area contributed by atoms with Crippen LogP contribution in [0.2, 0.25) is 0 Å². The molecule has 4 rings (SSSR count). The molecule has 4 fully saturated rings. The van der Waals surface area contributed by atoms with Gasteiger partial charge in [-0.1, -0.05) is 20.4 Å². The molecule has 0 aromatic heterocycles. The van der Waals surface area contributed by atoms with Crippen LogP contribution >= 0.6 is 0 Å². The molecular weight excluding hydrogens is 268 g/mol. The summed E-state index contributed by atoms with van der Waals surface area (Å²) in [4.78, 5) is 0. The Bertz CT molecular complexity index is 516. The van der Waals surface area contributed by atoms with Gasteiger partial charge in [-0.2, -0.15) is 0 Å². The van der Waals surface area contributed by atoms with E-state index in [4.69, 9.17) is 0 Å². The van der Waals surface area contributed by atoms with E-state index in [-0.39, 0.29) is 6.10 Å². The lowest BCUT2D eigenvalue weighted by molar-refractivity contribution is -0.116. The molecule has 1 heteroatoms. The molecule has 0 aliphatic heterocycles. The van der Waals surface area contributed by atoms with Crippen molar-refractivity contribution in [3.05, 3.63) is 17.9 Å². The third-order valence-electron chi connectivity index (χ3n) is 8.64. The first-order chi connectivity index (χ1) is 10.5. The maximum absolute atomic E-state index is 10.1. The minimum absolute atomic E-state index is 0.0229. The summed E-state index contributed by atoms with van der Waals surface area (Å²) in [6.45, 7) is 9.06. The maximum Gasteiger partial charge on any atom is 0.0543 e. The Kier molecular flexibility index (Phi) is 3.41. The van der Waals surface area contributed by atoms with Crippen molar-refractivity contribution in [2.75, 3.05) is 0 Å². The molecule has 0 spiro atoms. The van der Waals surface area contributed by atoms with Gasteiger partial charge in [0.05, 0.1) is 6.10 Å². The van der Waals surface area contributed by atoms with Crippen molar-refractivity contribution >= 4 is 0 Å². The number of aliphatic hydroxyl groups excluding tert-OH is 1. The third-order valence-corrected chi connectivity index (χ3v) is 8.64. The molecule has 0 bridgehead atoms. The molecular formula is C21H32O. The van der Waals surface area contributed by atoms with Gasteiger partial charge in [0.15, 0.2) is 0 Å².